The summed E-state index contributed by atoms with van der Waals surface area (Å²) in [5.41, 5.74) is 3.22. The number of halogens is 1. The summed E-state index contributed by atoms with van der Waals surface area (Å²) in [7, 11) is 0. The van der Waals surface area contributed by atoms with E-state index in [1.165, 1.54) is 12.1 Å². The molecule has 0 radical (unpaired) electrons. The van der Waals surface area contributed by atoms with E-state index in [1.54, 1.807) is 12.1 Å². The smallest absolute Gasteiger partial charge is 0.252 e. The summed E-state index contributed by atoms with van der Waals surface area (Å²) in [4.78, 5) is 13.4. The van der Waals surface area contributed by atoms with Gasteiger partial charge < -0.3 is 15.2 Å². The van der Waals surface area contributed by atoms with Crippen LogP contribution in [0.1, 0.15) is 59.8 Å². The van der Waals surface area contributed by atoms with Crippen molar-refractivity contribution in [2.45, 2.75) is 45.8 Å². The van der Waals surface area contributed by atoms with Crippen molar-refractivity contribution >= 4 is 5.91 Å². The highest BCUT2D eigenvalue weighted by molar-refractivity contribution is 5.96. The van der Waals surface area contributed by atoms with Crippen LogP contribution in [0.5, 0.6) is 5.75 Å². The number of benzene rings is 3. The van der Waals surface area contributed by atoms with Crippen LogP contribution >= 0.6 is 0 Å². The first-order valence-electron chi connectivity index (χ1n) is 11.4. The quantitative estimate of drug-likeness (QED) is 0.386. The molecule has 0 heterocycles. The van der Waals surface area contributed by atoms with E-state index < -0.39 is 0 Å². The van der Waals surface area contributed by atoms with Gasteiger partial charge in [0, 0.05) is 12.2 Å². The van der Waals surface area contributed by atoms with Crippen molar-refractivity contribution in [1.82, 2.24) is 5.32 Å². The number of para-hydroxylation sites is 1. The number of carbonyl (C=O) groups excluding carboxylic acids is 1. The number of rotatable bonds is 11. The molecule has 0 aliphatic rings. The Balaban J connectivity index is 1.83. The highest BCUT2D eigenvalue weighted by Crippen LogP contribution is 2.24. The van der Waals surface area contributed by atoms with E-state index in [-0.39, 0.29) is 24.4 Å². The van der Waals surface area contributed by atoms with Crippen molar-refractivity contribution in [2.75, 3.05) is 6.61 Å². The molecule has 0 spiro atoms. The lowest BCUT2D eigenvalue weighted by Crippen LogP contribution is -2.30. The Kier molecular flexibility index (Phi) is 9.02. The molecule has 1 amide bonds. The van der Waals surface area contributed by atoms with Gasteiger partial charge in [-0.3, -0.25) is 4.79 Å². The third-order valence-electron chi connectivity index (χ3n) is 5.46. The minimum atomic E-state index is -0.300. The first-order chi connectivity index (χ1) is 16.0. The summed E-state index contributed by atoms with van der Waals surface area (Å²) in [6.07, 6.45) is 1.91. The first-order valence-corrected chi connectivity index (χ1v) is 11.4. The average Bonchev–Trinajstić information content (AvgIpc) is 2.82. The van der Waals surface area contributed by atoms with Gasteiger partial charge in [0.25, 0.3) is 5.91 Å². The fourth-order valence-electron chi connectivity index (χ4n) is 3.78. The maximum atomic E-state index is 13.4. The molecule has 0 saturated carbocycles. The molecule has 174 valence electrons. The molecule has 0 fully saturated rings. The fraction of sp³-hybridized carbons (Fsp3) is 0.321. The number of aliphatic hydroxyl groups excluding tert-OH is 1. The Hall–Kier alpha value is -3.18. The zero-order valence-electron chi connectivity index (χ0n) is 19.3. The van der Waals surface area contributed by atoms with Crippen molar-refractivity contribution in [1.29, 1.82) is 0 Å². The Morgan fingerprint density at radius 1 is 1.03 bits per heavy atom. The molecule has 0 aliphatic heterocycles. The summed E-state index contributed by atoms with van der Waals surface area (Å²) in [5, 5.41) is 12.4. The largest absolute Gasteiger partial charge is 0.489 e. The summed E-state index contributed by atoms with van der Waals surface area (Å²) in [5.74, 6) is 0.631. The third-order valence-corrected chi connectivity index (χ3v) is 5.46. The number of aryl methyl sites for hydroxylation is 1. The molecule has 5 heteroatoms. The maximum Gasteiger partial charge on any atom is 0.252 e. The van der Waals surface area contributed by atoms with Crippen LogP contribution in [0.25, 0.3) is 0 Å². The van der Waals surface area contributed by atoms with E-state index in [0.29, 0.717) is 30.9 Å². The summed E-state index contributed by atoms with van der Waals surface area (Å²) in [6.45, 7) is 4.59. The van der Waals surface area contributed by atoms with Gasteiger partial charge in [0.1, 0.15) is 18.2 Å². The number of amides is 1. The Morgan fingerprint density at radius 3 is 2.42 bits per heavy atom. The molecule has 0 bridgehead atoms. The van der Waals surface area contributed by atoms with Gasteiger partial charge >= 0.3 is 0 Å². The van der Waals surface area contributed by atoms with Gasteiger partial charge in [-0.05, 0) is 72.2 Å². The van der Waals surface area contributed by atoms with Gasteiger partial charge in [-0.25, -0.2) is 4.39 Å². The normalized spacial score (nSPS) is 11.9. The fourth-order valence-corrected chi connectivity index (χ4v) is 3.78. The molecule has 33 heavy (non-hydrogen) atoms. The topological polar surface area (TPSA) is 58.6 Å². The van der Waals surface area contributed by atoms with Crippen LogP contribution in [-0.2, 0) is 13.0 Å². The van der Waals surface area contributed by atoms with Crippen LogP contribution < -0.4 is 10.1 Å². The molecule has 3 aromatic rings. The Morgan fingerprint density at radius 2 is 1.76 bits per heavy atom. The summed E-state index contributed by atoms with van der Waals surface area (Å²) < 4.78 is 19.3. The lowest BCUT2D eigenvalue weighted by Gasteiger charge is -2.22. The van der Waals surface area contributed by atoms with Crippen LogP contribution in [0.3, 0.4) is 0 Å². The molecular weight excluding hydrogens is 417 g/mol. The SMILES string of the molecule is CC(C)CC(NC(=O)c1cc(COc2ccccc2)ccc1CCCO)c1ccc(F)cc1. The van der Waals surface area contributed by atoms with Gasteiger partial charge in [0.15, 0.2) is 0 Å². The van der Waals surface area contributed by atoms with Crippen LogP contribution in [-0.4, -0.2) is 17.6 Å². The van der Waals surface area contributed by atoms with Crippen molar-refractivity contribution in [3.05, 3.63) is 101 Å². The summed E-state index contributed by atoms with van der Waals surface area (Å²) in [6, 6.07) is 21.3. The third kappa shape index (κ3) is 7.43. The predicted molar refractivity (Wildman–Crippen MR) is 129 cm³/mol. The van der Waals surface area contributed by atoms with Crippen molar-refractivity contribution in [2.24, 2.45) is 5.92 Å². The van der Waals surface area contributed by atoms with E-state index in [4.69, 9.17) is 4.74 Å². The molecule has 3 rings (SSSR count). The molecule has 1 unspecified atom stereocenters. The van der Waals surface area contributed by atoms with Crippen LogP contribution in [0.4, 0.5) is 4.39 Å². The van der Waals surface area contributed by atoms with E-state index >= 15 is 0 Å². The number of carbonyl (C=O) groups is 1. The Labute approximate surface area is 195 Å². The number of aliphatic hydroxyl groups is 1. The number of nitrogens with one attached hydrogen (secondary N) is 1. The predicted octanol–water partition coefficient (Wildman–Crippen LogP) is 5.85. The van der Waals surface area contributed by atoms with Gasteiger partial charge in [-0.15, -0.1) is 0 Å². The second kappa shape index (κ2) is 12.2. The molecule has 2 N–H and O–H groups in total. The van der Waals surface area contributed by atoms with Crippen molar-refractivity contribution < 1.29 is 19.0 Å². The maximum absolute atomic E-state index is 13.4. The molecule has 3 aromatic carbocycles. The van der Waals surface area contributed by atoms with E-state index in [2.05, 4.69) is 19.2 Å². The lowest BCUT2D eigenvalue weighted by atomic mass is 9.95. The Bertz CT molecular complexity index is 1020. The number of ether oxygens (including phenoxy) is 1. The van der Waals surface area contributed by atoms with E-state index in [0.717, 1.165) is 28.9 Å². The summed E-state index contributed by atoms with van der Waals surface area (Å²) >= 11 is 0. The first kappa shape index (κ1) is 24.5. The van der Waals surface area contributed by atoms with Gasteiger partial charge in [-0.2, -0.15) is 0 Å². The molecular formula is C28H32FNO3. The zero-order chi connectivity index (χ0) is 23.6. The lowest BCUT2D eigenvalue weighted by molar-refractivity contribution is 0.0930. The monoisotopic (exact) mass is 449 g/mol. The molecule has 0 saturated heterocycles. The van der Waals surface area contributed by atoms with Crippen molar-refractivity contribution in [3.63, 3.8) is 0 Å². The molecule has 0 aliphatic carbocycles. The highest BCUT2D eigenvalue weighted by Gasteiger charge is 2.20. The zero-order valence-corrected chi connectivity index (χ0v) is 19.3. The van der Waals surface area contributed by atoms with Gasteiger partial charge in [0.2, 0.25) is 0 Å². The second-order valence-corrected chi connectivity index (χ2v) is 8.63. The van der Waals surface area contributed by atoms with Crippen LogP contribution in [0, 0.1) is 11.7 Å². The van der Waals surface area contributed by atoms with Crippen LogP contribution in [0.15, 0.2) is 72.8 Å². The average molecular weight is 450 g/mol. The standard InChI is InChI=1S/C28H32FNO3/c1-20(2)17-27(23-12-14-24(29)15-13-23)30-28(32)26-18-21(10-11-22(26)7-6-16-31)19-33-25-8-4-3-5-9-25/h3-5,8-15,18,20,27,31H,6-7,16-17,19H2,1-2H3,(H,30,32). The minimum Gasteiger partial charge on any atom is -0.489 e. The molecule has 4 nitrogen and oxygen atoms in total. The van der Waals surface area contributed by atoms with E-state index in [1.807, 2.05) is 48.5 Å². The van der Waals surface area contributed by atoms with Crippen LogP contribution in [0.2, 0.25) is 0 Å². The van der Waals surface area contributed by atoms with Crippen molar-refractivity contribution in [3.8, 4) is 5.75 Å². The highest BCUT2D eigenvalue weighted by atomic mass is 19.1. The minimum absolute atomic E-state index is 0.0610. The van der Waals surface area contributed by atoms with Gasteiger partial charge in [0.05, 0.1) is 6.04 Å². The molecule has 0 aromatic heterocycles. The molecule has 1 atom stereocenters. The number of hydrogen-bond donors (Lipinski definition) is 2. The number of hydrogen-bond acceptors (Lipinski definition) is 3. The second-order valence-electron chi connectivity index (χ2n) is 8.63. The van der Waals surface area contributed by atoms with E-state index in [9.17, 15) is 14.3 Å². The van der Waals surface area contributed by atoms with Gasteiger partial charge in [-0.1, -0.05) is 56.3 Å².